The van der Waals surface area contributed by atoms with Gasteiger partial charge in [0, 0.05) is 30.4 Å². The first-order chi connectivity index (χ1) is 9.13. The predicted octanol–water partition coefficient (Wildman–Crippen LogP) is 3.70. The standard InChI is InChI=1S/C16H31N3/c1-6-9-10-11-19-16(8-3)14(12-17-13(4)5)15(7-2)18-19/h13,17H,6-12H2,1-5H3. The topological polar surface area (TPSA) is 29.9 Å². The van der Waals surface area contributed by atoms with E-state index in [0.29, 0.717) is 6.04 Å². The molecule has 0 aromatic carbocycles. The van der Waals surface area contributed by atoms with Crippen molar-refractivity contribution in [2.24, 2.45) is 0 Å². The van der Waals surface area contributed by atoms with Gasteiger partial charge >= 0.3 is 0 Å². The summed E-state index contributed by atoms with van der Waals surface area (Å²) in [5.74, 6) is 0. The number of aryl methyl sites for hydroxylation is 2. The van der Waals surface area contributed by atoms with Crippen molar-refractivity contribution in [3.63, 3.8) is 0 Å². The van der Waals surface area contributed by atoms with Gasteiger partial charge in [0.15, 0.2) is 0 Å². The number of nitrogens with one attached hydrogen (secondary N) is 1. The Morgan fingerprint density at radius 3 is 2.37 bits per heavy atom. The number of hydrogen-bond donors (Lipinski definition) is 1. The molecule has 1 heterocycles. The second-order valence-electron chi connectivity index (χ2n) is 5.54. The van der Waals surface area contributed by atoms with Crippen molar-refractivity contribution in [2.75, 3.05) is 0 Å². The second-order valence-corrected chi connectivity index (χ2v) is 5.54. The third kappa shape index (κ3) is 4.64. The maximum absolute atomic E-state index is 4.83. The molecule has 1 N–H and O–H groups in total. The number of rotatable bonds is 9. The molecule has 110 valence electrons. The molecule has 0 aliphatic heterocycles. The molecule has 1 aromatic heterocycles. The molecule has 0 atom stereocenters. The molecule has 3 heteroatoms. The van der Waals surface area contributed by atoms with Gasteiger partial charge in [0.2, 0.25) is 0 Å². The van der Waals surface area contributed by atoms with E-state index in [1.54, 1.807) is 0 Å². The fourth-order valence-electron chi connectivity index (χ4n) is 2.48. The summed E-state index contributed by atoms with van der Waals surface area (Å²) in [6.07, 6.45) is 5.91. The zero-order chi connectivity index (χ0) is 14.3. The van der Waals surface area contributed by atoms with E-state index in [9.17, 15) is 0 Å². The summed E-state index contributed by atoms with van der Waals surface area (Å²) in [7, 11) is 0. The number of nitrogens with zero attached hydrogens (tertiary/aromatic N) is 2. The summed E-state index contributed by atoms with van der Waals surface area (Å²) < 4.78 is 2.26. The quantitative estimate of drug-likeness (QED) is 0.690. The monoisotopic (exact) mass is 265 g/mol. The average molecular weight is 265 g/mol. The Morgan fingerprint density at radius 1 is 1.11 bits per heavy atom. The number of aromatic nitrogens is 2. The summed E-state index contributed by atoms with van der Waals surface area (Å²) in [6, 6.07) is 0.526. The van der Waals surface area contributed by atoms with Crippen molar-refractivity contribution < 1.29 is 0 Å². The Kier molecular flexibility index (Phi) is 7.14. The van der Waals surface area contributed by atoms with Crippen LogP contribution in [-0.2, 0) is 25.9 Å². The minimum Gasteiger partial charge on any atom is -0.310 e. The molecule has 0 amide bonds. The van der Waals surface area contributed by atoms with Gasteiger partial charge in [-0.05, 0) is 19.3 Å². The van der Waals surface area contributed by atoms with Crippen LogP contribution in [0.15, 0.2) is 0 Å². The molecule has 0 unspecified atom stereocenters. The SMILES string of the molecule is CCCCCn1nc(CC)c(CNC(C)C)c1CC. The summed E-state index contributed by atoms with van der Waals surface area (Å²) in [4.78, 5) is 0. The van der Waals surface area contributed by atoms with Crippen LogP contribution in [0.2, 0.25) is 0 Å². The lowest BCUT2D eigenvalue weighted by Crippen LogP contribution is -2.23. The van der Waals surface area contributed by atoms with Gasteiger partial charge in [-0.15, -0.1) is 0 Å². The van der Waals surface area contributed by atoms with E-state index >= 15 is 0 Å². The van der Waals surface area contributed by atoms with Gasteiger partial charge in [0.1, 0.15) is 0 Å². The lowest BCUT2D eigenvalue weighted by molar-refractivity contribution is 0.529. The van der Waals surface area contributed by atoms with E-state index in [-0.39, 0.29) is 0 Å². The zero-order valence-electron chi connectivity index (χ0n) is 13.4. The minimum absolute atomic E-state index is 0.526. The normalized spacial score (nSPS) is 11.5. The molecule has 0 aliphatic rings. The fourth-order valence-corrected chi connectivity index (χ4v) is 2.48. The van der Waals surface area contributed by atoms with Crippen molar-refractivity contribution >= 4 is 0 Å². The summed E-state index contributed by atoms with van der Waals surface area (Å²) in [6.45, 7) is 13.1. The summed E-state index contributed by atoms with van der Waals surface area (Å²) in [5.41, 5.74) is 4.15. The molecule has 0 saturated heterocycles. The highest BCUT2D eigenvalue weighted by atomic mass is 15.3. The molecule has 1 rings (SSSR count). The van der Waals surface area contributed by atoms with Crippen molar-refractivity contribution in [1.82, 2.24) is 15.1 Å². The molecule has 0 aliphatic carbocycles. The van der Waals surface area contributed by atoms with Gasteiger partial charge in [0.25, 0.3) is 0 Å². The third-order valence-electron chi connectivity index (χ3n) is 3.58. The van der Waals surface area contributed by atoms with E-state index in [4.69, 9.17) is 5.10 Å². The smallest absolute Gasteiger partial charge is 0.0669 e. The second kappa shape index (κ2) is 8.36. The largest absolute Gasteiger partial charge is 0.310 e. The molecule has 0 saturated carbocycles. The molecule has 19 heavy (non-hydrogen) atoms. The van der Waals surface area contributed by atoms with Crippen LogP contribution < -0.4 is 5.32 Å². The van der Waals surface area contributed by atoms with E-state index in [1.165, 1.54) is 36.2 Å². The van der Waals surface area contributed by atoms with E-state index in [1.807, 2.05) is 0 Å². The van der Waals surface area contributed by atoms with Crippen molar-refractivity contribution in [3.05, 3.63) is 17.0 Å². The highest BCUT2D eigenvalue weighted by molar-refractivity contribution is 5.26. The zero-order valence-corrected chi connectivity index (χ0v) is 13.4. The van der Waals surface area contributed by atoms with Crippen molar-refractivity contribution in [3.8, 4) is 0 Å². The fraction of sp³-hybridized carbons (Fsp3) is 0.812. The van der Waals surface area contributed by atoms with Crippen molar-refractivity contribution in [2.45, 2.75) is 85.9 Å². The number of unbranched alkanes of at least 4 members (excludes halogenated alkanes) is 2. The van der Waals surface area contributed by atoms with Gasteiger partial charge in [0.05, 0.1) is 5.69 Å². The highest BCUT2D eigenvalue weighted by Crippen LogP contribution is 2.17. The average Bonchev–Trinajstić information content (AvgIpc) is 2.73. The lowest BCUT2D eigenvalue weighted by Gasteiger charge is -2.11. The van der Waals surface area contributed by atoms with Crippen LogP contribution >= 0.6 is 0 Å². The van der Waals surface area contributed by atoms with E-state index in [0.717, 1.165) is 25.9 Å². The van der Waals surface area contributed by atoms with E-state index in [2.05, 4.69) is 44.6 Å². The molecule has 0 spiro atoms. The molecule has 0 fully saturated rings. The molecular weight excluding hydrogens is 234 g/mol. The van der Waals surface area contributed by atoms with Gasteiger partial charge in [-0.1, -0.05) is 47.5 Å². The van der Waals surface area contributed by atoms with Crippen LogP contribution in [0.1, 0.15) is 70.8 Å². The Bertz CT molecular complexity index is 366. The van der Waals surface area contributed by atoms with Crippen LogP contribution in [0.3, 0.4) is 0 Å². The molecule has 0 bridgehead atoms. The van der Waals surface area contributed by atoms with Crippen LogP contribution in [0, 0.1) is 0 Å². The van der Waals surface area contributed by atoms with Gasteiger partial charge < -0.3 is 5.32 Å². The van der Waals surface area contributed by atoms with Crippen LogP contribution in [-0.4, -0.2) is 15.8 Å². The Hall–Kier alpha value is -0.830. The van der Waals surface area contributed by atoms with Gasteiger partial charge in [-0.25, -0.2) is 0 Å². The Labute approximate surface area is 118 Å². The van der Waals surface area contributed by atoms with Crippen LogP contribution in [0.5, 0.6) is 0 Å². The van der Waals surface area contributed by atoms with Crippen molar-refractivity contribution in [1.29, 1.82) is 0 Å². The minimum atomic E-state index is 0.526. The van der Waals surface area contributed by atoms with E-state index < -0.39 is 0 Å². The van der Waals surface area contributed by atoms with Crippen LogP contribution in [0.4, 0.5) is 0 Å². The van der Waals surface area contributed by atoms with Gasteiger partial charge in [-0.2, -0.15) is 5.10 Å². The van der Waals surface area contributed by atoms with Gasteiger partial charge in [-0.3, -0.25) is 4.68 Å². The predicted molar refractivity (Wildman–Crippen MR) is 82.5 cm³/mol. The third-order valence-corrected chi connectivity index (χ3v) is 3.58. The summed E-state index contributed by atoms with van der Waals surface area (Å²) >= 11 is 0. The van der Waals surface area contributed by atoms with Crippen LogP contribution in [0.25, 0.3) is 0 Å². The highest BCUT2D eigenvalue weighted by Gasteiger charge is 2.15. The first-order valence-electron chi connectivity index (χ1n) is 7.94. The Balaban J connectivity index is 2.86. The molecular formula is C16H31N3. The molecule has 3 nitrogen and oxygen atoms in total. The number of hydrogen-bond acceptors (Lipinski definition) is 2. The molecule has 1 aromatic rings. The lowest BCUT2D eigenvalue weighted by atomic mass is 10.1. The summed E-state index contributed by atoms with van der Waals surface area (Å²) in [5, 5.41) is 8.36. The first kappa shape index (κ1) is 16.2. The molecule has 0 radical (unpaired) electrons. The Morgan fingerprint density at radius 2 is 1.84 bits per heavy atom. The maximum atomic E-state index is 4.83. The first-order valence-corrected chi connectivity index (χ1v) is 7.94. The maximum Gasteiger partial charge on any atom is 0.0669 e.